The molecule has 5 nitrogen and oxygen atoms in total. The van der Waals surface area contributed by atoms with Gasteiger partial charge in [0.1, 0.15) is 5.75 Å². The third kappa shape index (κ3) is 4.10. The topological polar surface area (TPSA) is 64.1 Å². The molecule has 0 aliphatic carbocycles. The molecule has 3 rings (SSSR count). The second-order valence-electron chi connectivity index (χ2n) is 5.04. The molecule has 0 radical (unpaired) electrons. The minimum absolute atomic E-state index is 0.132. The van der Waals surface area contributed by atoms with Gasteiger partial charge in [-0.05, 0) is 36.8 Å². The van der Waals surface area contributed by atoms with Gasteiger partial charge in [0.25, 0.3) is 5.91 Å². The first-order chi connectivity index (χ1) is 11.6. The summed E-state index contributed by atoms with van der Waals surface area (Å²) in [6.07, 6.45) is 3.40. The molecular weight excluding hydrogens is 346 g/mol. The summed E-state index contributed by atoms with van der Waals surface area (Å²) in [4.78, 5) is 20.4. The number of anilines is 1. The zero-order valence-corrected chi connectivity index (χ0v) is 14.4. The molecule has 2 aromatic heterocycles. The van der Waals surface area contributed by atoms with Gasteiger partial charge in [0, 0.05) is 23.3 Å². The van der Waals surface area contributed by atoms with Crippen molar-refractivity contribution in [2.24, 2.45) is 0 Å². The Balaban J connectivity index is 1.59. The van der Waals surface area contributed by atoms with Crippen molar-refractivity contribution in [2.45, 2.75) is 6.92 Å². The lowest BCUT2D eigenvalue weighted by Gasteiger charge is -2.08. The standard InChI is InChI=1S/C17H14ClN3O2S/c1-11-2-3-13(18)15(8-11)23-9-16(22)21-17-20-14(10-24-17)12-4-6-19-7-5-12/h2-8,10H,9H2,1H3,(H,20,21,22). The molecule has 0 aliphatic heterocycles. The maximum Gasteiger partial charge on any atom is 0.264 e. The largest absolute Gasteiger partial charge is 0.482 e. The fourth-order valence-electron chi connectivity index (χ4n) is 2.01. The molecular formula is C17H14ClN3O2S. The second kappa shape index (κ2) is 7.42. The number of nitrogens with zero attached hydrogens (tertiary/aromatic N) is 2. The molecule has 122 valence electrons. The molecule has 0 fully saturated rings. The van der Waals surface area contributed by atoms with Crippen LogP contribution >= 0.6 is 22.9 Å². The maximum atomic E-state index is 12.0. The Labute approximate surface area is 148 Å². The zero-order valence-electron chi connectivity index (χ0n) is 12.8. The normalized spacial score (nSPS) is 10.4. The van der Waals surface area contributed by atoms with Crippen LogP contribution in [0.3, 0.4) is 0 Å². The molecule has 0 unspecified atom stereocenters. The van der Waals surface area contributed by atoms with Gasteiger partial charge in [0.2, 0.25) is 0 Å². The fourth-order valence-corrected chi connectivity index (χ4v) is 2.91. The molecule has 0 saturated carbocycles. The molecule has 3 aromatic rings. The number of ether oxygens (including phenoxy) is 1. The third-order valence-electron chi connectivity index (χ3n) is 3.17. The minimum Gasteiger partial charge on any atom is -0.482 e. The monoisotopic (exact) mass is 359 g/mol. The highest BCUT2D eigenvalue weighted by Crippen LogP contribution is 2.26. The third-order valence-corrected chi connectivity index (χ3v) is 4.24. The molecule has 7 heteroatoms. The van der Waals surface area contributed by atoms with Crippen LogP contribution < -0.4 is 10.1 Å². The van der Waals surface area contributed by atoms with Gasteiger partial charge in [-0.25, -0.2) is 4.98 Å². The van der Waals surface area contributed by atoms with Crippen LogP contribution in [0.4, 0.5) is 5.13 Å². The Bertz CT molecular complexity index is 852. The van der Waals surface area contributed by atoms with Gasteiger partial charge < -0.3 is 4.74 Å². The van der Waals surface area contributed by atoms with Gasteiger partial charge in [-0.15, -0.1) is 11.3 Å². The predicted octanol–water partition coefficient (Wildman–Crippen LogP) is 4.18. The smallest absolute Gasteiger partial charge is 0.264 e. The summed E-state index contributed by atoms with van der Waals surface area (Å²) in [5.41, 5.74) is 2.75. The SMILES string of the molecule is Cc1ccc(Cl)c(OCC(=O)Nc2nc(-c3ccncc3)cs2)c1. The number of hydrogen-bond acceptors (Lipinski definition) is 5. The number of aryl methyl sites for hydroxylation is 1. The van der Waals surface area contributed by atoms with Gasteiger partial charge in [-0.2, -0.15) is 0 Å². The van der Waals surface area contributed by atoms with Crippen molar-refractivity contribution in [1.29, 1.82) is 0 Å². The molecule has 0 bridgehead atoms. The van der Waals surface area contributed by atoms with Gasteiger partial charge >= 0.3 is 0 Å². The number of hydrogen-bond donors (Lipinski definition) is 1. The van der Waals surface area contributed by atoms with Crippen LogP contribution in [-0.2, 0) is 4.79 Å². The molecule has 0 saturated heterocycles. The lowest BCUT2D eigenvalue weighted by Crippen LogP contribution is -2.20. The van der Waals surface area contributed by atoms with Gasteiger partial charge in [0.05, 0.1) is 10.7 Å². The maximum absolute atomic E-state index is 12.0. The number of halogens is 1. The van der Waals surface area contributed by atoms with Crippen LogP contribution in [-0.4, -0.2) is 22.5 Å². The summed E-state index contributed by atoms with van der Waals surface area (Å²) < 4.78 is 5.47. The summed E-state index contributed by atoms with van der Waals surface area (Å²) >= 11 is 7.39. The number of aromatic nitrogens is 2. The van der Waals surface area contributed by atoms with E-state index in [1.54, 1.807) is 24.5 Å². The first-order valence-corrected chi connectivity index (χ1v) is 8.42. The van der Waals surface area contributed by atoms with E-state index in [0.717, 1.165) is 16.8 Å². The molecule has 1 N–H and O–H groups in total. The van der Waals surface area contributed by atoms with Crippen molar-refractivity contribution in [3.05, 3.63) is 58.7 Å². The average Bonchev–Trinajstić information content (AvgIpc) is 3.05. The number of rotatable bonds is 5. The van der Waals surface area contributed by atoms with Crippen LogP contribution in [0.25, 0.3) is 11.3 Å². The lowest BCUT2D eigenvalue weighted by molar-refractivity contribution is -0.118. The molecule has 0 spiro atoms. The Morgan fingerprint density at radius 3 is 2.88 bits per heavy atom. The second-order valence-corrected chi connectivity index (χ2v) is 6.31. The number of carbonyl (C=O) groups excluding carboxylic acids is 1. The van der Waals surface area contributed by atoms with E-state index in [4.69, 9.17) is 16.3 Å². The van der Waals surface area contributed by atoms with Crippen molar-refractivity contribution < 1.29 is 9.53 Å². The Morgan fingerprint density at radius 2 is 2.08 bits per heavy atom. The first-order valence-electron chi connectivity index (χ1n) is 7.16. The quantitative estimate of drug-likeness (QED) is 0.742. The molecule has 1 amide bonds. The van der Waals surface area contributed by atoms with Crippen LogP contribution in [0.15, 0.2) is 48.1 Å². The van der Waals surface area contributed by atoms with Crippen molar-refractivity contribution in [2.75, 3.05) is 11.9 Å². The van der Waals surface area contributed by atoms with E-state index in [1.807, 2.05) is 30.5 Å². The highest BCUT2D eigenvalue weighted by molar-refractivity contribution is 7.14. The Kier molecular flexibility index (Phi) is 5.08. The van der Waals surface area contributed by atoms with E-state index in [-0.39, 0.29) is 12.5 Å². The Morgan fingerprint density at radius 1 is 1.29 bits per heavy atom. The first kappa shape index (κ1) is 16.4. The number of benzene rings is 1. The van der Waals surface area contributed by atoms with Gasteiger partial charge in [-0.1, -0.05) is 17.7 Å². The molecule has 1 aromatic carbocycles. The van der Waals surface area contributed by atoms with Crippen molar-refractivity contribution in [1.82, 2.24) is 9.97 Å². The minimum atomic E-state index is -0.289. The molecule has 2 heterocycles. The summed E-state index contributed by atoms with van der Waals surface area (Å²) in [7, 11) is 0. The number of pyridine rings is 1. The van der Waals surface area contributed by atoms with E-state index in [1.165, 1.54) is 11.3 Å². The molecule has 24 heavy (non-hydrogen) atoms. The van der Waals surface area contributed by atoms with E-state index >= 15 is 0 Å². The highest BCUT2D eigenvalue weighted by atomic mass is 35.5. The summed E-state index contributed by atoms with van der Waals surface area (Å²) in [5, 5.41) is 5.59. The molecule has 0 aliphatic rings. The van der Waals surface area contributed by atoms with E-state index in [2.05, 4.69) is 15.3 Å². The number of carbonyl (C=O) groups is 1. The predicted molar refractivity (Wildman–Crippen MR) is 95.7 cm³/mol. The van der Waals surface area contributed by atoms with E-state index in [9.17, 15) is 4.79 Å². The van der Waals surface area contributed by atoms with Crippen LogP contribution in [0.2, 0.25) is 5.02 Å². The van der Waals surface area contributed by atoms with Crippen LogP contribution in [0.1, 0.15) is 5.56 Å². The number of thiazole rings is 1. The van der Waals surface area contributed by atoms with Gasteiger partial charge in [-0.3, -0.25) is 15.1 Å². The Hall–Kier alpha value is -2.44. The average molecular weight is 360 g/mol. The molecule has 0 atom stereocenters. The highest BCUT2D eigenvalue weighted by Gasteiger charge is 2.10. The van der Waals surface area contributed by atoms with Crippen LogP contribution in [0, 0.1) is 6.92 Å². The van der Waals surface area contributed by atoms with Crippen molar-refractivity contribution >= 4 is 34.0 Å². The summed E-state index contributed by atoms with van der Waals surface area (Å²) in [6.45, 7) is 1.80. The van der Waals surface area contributed by atoms with Crippen LogP contribution in [0.5, 0.6) is 5.75 Å². The van der Waals surface area contributed by atoms with E-state index in [0.29, 0.717) is 15.9 Å². The summed E-state index contributed by atoms with van der Waals surface area (Å²) in [6, 6.07) is 9.14. The van der Waals surface area contributed by atoms with Crippen molar-refractivity contribution in [3.63, 3.8) is 0 Å². The fraction of sp³-hybridized carbons (Fsp3) is 0.118. The van der Waals surface area contributed by atoms with Gasteiger partial charge in [0.15, 0.2) is 11.7 Å². The zero-order chi connectivity index (χ0) is 16.9. The number of nitrogens with one attached hydrogen (secondary N) is 1. The number of amides is 1. The van der Waals surface area contributed by atoms with Crippen molar-refractivity contribution in [3.8, 4) is 17.0 Å². The lowest BCUT2D eigenvalue weighted by atomic mass is 10.2. The van der Waals surface area contributed by atoms with E-state index < -0.39 is 0 Å². The summed E-state index contributed by atoms with van der Waals surface area (Å²) in [5.74, 6) is 0.201.